The Morgan fingerprint density at radius 2 is 2.09 bits per heavy atom. The summed E-state index contributed by atoms with van der Waals surface area (Å²) in [5, 5.41) is 6.87. The number of amides is 2. The van der Waals surface area contributed by atoms with Gasteiger partial charge in [-0.25, -0.2) is 4.79 Å². The van der Waals surface area contributed by atoms with E-state index in [0.29, 0.717) is 31.3 Å². The molecule has 0 unspecified atom stereocenters. The minimum absolute atomic E-state index is 0.0427. The second kappa shape index (κ2) is 7.09. The maximum absolute atomic E-state index is 11.9. The smallest absolute Gasteiger partial charge is 0.317 e. The number of hydrogen-bond acceptors (Lipinski definition) is 4. The molecule has 1 N–H and O–H groups in total. The Morgan fingerprint density at radius 3 is 2.78 bits per heavy atom. The maximum atomic E-state index is 11.9. The van der Waals surface area contributed by atoms with Crippen LogP contribution in [0.2, 0.25) is 0 Å². The fourth-order valence-electron chi connectivity index (χ4n) is 2.71. The van der Waals surface area contributed by atoms with Gasteiger partial charge in [0.1, 0.15) is 0 Å². The van der Waals surface area contributed by atoms with Gasteiger partial charge in [0, 0.05) is 31.1 Å². The molecule has 1 fully saturated rings. The van der Waals surface area contributed by atoms with Gasteiger partial charge in [0.05, 0.1) is 0 Å². The number of aromatic nitrogens is 2. The summed E-state index contributed by atoms with van der Waals surface area (Å²) < 4.78 is 5.43. The van der Waals surface area contributed by atoms with E-state index < -0.39 is 0 Å². The fourth-order valence-corrected chi connectivity index (χ4v) is 2.71. The minimum atomic E-state index is -0.0427. The van der Waals surface area contributed by atoms with Crippen molar-refractivity contribution in [1.82, 2.24) is 20.4 Å². The second-order valence-corrected chi connectivity index (χ2v) is 5.56. The molecule has 3 rings (SSSR count). The summed E-state index contributed by atoms with van der Waals surface area (Å²) in [4.78, 5) is 18.2. The lowest BCUT2D eigenvalue weighted by Gasteiger charge is -2.30. The molecule has 1 aromatic heterocycles. The van der Waals surface area contributed by atoms with Crippen molar-refractivity contribution in [1.29, 1.82) is 0 Å². The van der Waals surface area contributed by atoms with Crippen LogP contribution in [0.5, 0.6) is 0 Å². The molecule has 1 aromatic carbocycles. The first-order valence-electron chi connectivity index (χ1n) is 7.80. The molecule has 0 saturated carbocycles. The van der Waals surface area contributed by atoms with E-state index in [1.807, 2.05) is 35.2 Å². The molecule has 0 radical (unpaired) electrons. The van der Waals surface area contributed by atoms with Crippen molar-refractivity contribution in [2.24, 2.45) is 0 Å². The van der Waals surface area contributed by atoms with Gasteiger partial charge in [0.2, 0.25) is 11.7 Å². The lowest BCUT2D eigenvalue weighted by atomic mass is 9.97. The monoisotopic (exact) mass is 312 g/mol. The third-order valence-electron chi connectivity index (χ3n) is 4.00. The number of benzene rings is 1. The van der Waals surface area contributed by atoms with Crippen molar-refractivity contribution < 1.29 is 9.32 Å². The number of nitrogens with zero attached hydrogens (tertiary/aromatic N) is 3. The molecule has 0 aliphatic carbocycles. The van der Waals surface area contributed by atoms with Gasteiger partial charge in [-0.2, -0.15) is 4.98 Å². The van der Waals surface area contributed by atoms with E-state index in [1.165, 1.54) is 0 Å². The molecule has 0 atom stereocenters. The van der Waals surface area contributed by atoms with E-state index in [9.17, 15) is 4.79 Å². The third-order valence-corrected chi connectivity index (χ3v) is 4.00. The number of rotatable bonds is 4. The standard InChI is InChI=1S/C17H20N4O2/c1-2-10-18-17(22)21-11-8-14(9-12-21)16-19-15(20-23-16)13-6-4-3-5-7-13/h2-7,14H,1,8-12H2,(H,18,22). The summed E-state index contributed by atoms with van der Waals surface area (Å²) in [5.41, 5.74) is 0.948. The summed E-state index contributed by atoms with van der Waals surface area (Å²) in [6.45, 7) is 5.47. The molecule has 0 bridgehead atoms. The summed E-state index contributed by atoms with van der Waals surface area (Å²) in [6, 6.07) is 9.73. The highest BCUT2D eigenvalue weighted by Gasteiger charge is 2.27. The lowest BCUT2D eigenvalue weighted by molar-refractivity contribution is 0.176. The molecule has 2 heterocycles. The number of carbonyl (C=O) groups excluding carboxylic acids is 1. The molecular weight excluding hydrogens is 292 g/mol. The zero-order valence-corrected chi connectivity index (χ0v) is 12.9. The van der Waals surface area contributed by atoms with Crippen LogP contribution in [0, 0.1) is 0 Å². The summed E-state index contributed by atoms with van der Waals surface area (Å²) in [5.74, 6) is 1.49. The van der Waals surface area contributed by atoms with Crippen molar-refractivity contribution in [2.45, 2.75) is 18.8 Å². The summed E-state index contributed by atoms with van der Waals surface area (Å²) in [6.07, 6.45) is 3.34. The lowest BCUT2D eigenvalue weighted by Crippen LogP contribution is -2.44. The van der Waals surface area contributed by atoms with Crippen LogP contribution in [0.15, 0.2) is 47.5 Å². The Labute approximate surface area is 135 Å². The van der Waals surface area contributed by atoms with Crippen LogP contribution in [0.3, 0.4) is 0 Å². The van der Waals surface area contributed by atoms with Crippen LogP contribution in [-0.2, 0) is 0 Å². The summed E-state index contributed by atoms with van der Waals surface area (Å²) in [7, 11) is 0. The maximum Gasteiger partial charge on any atom is 0.317 e. The highest BCUT2D eigenvalue weighted by Crippen LogP contribution is 2.28. The number of piperidine rings is 1. The van der Waals surface area contributed by atoms with Crippen LogP contribution in [-0.4, -0.2) is 40.7 Å². The van der Waals surface area contributed by atoms with E-state index in [4.69, 9.17) is 4.52 Å². The van der Waals surface area contributed by atoms with Crippen molar-refractivity contribution in [3.63, 3.8) is 0 Å². The van der Waals surface area contributed by atoms with Gasteiger partial charge in [0.25, 0.3) is 0 Å². The molecule has 6 nitrogen and oxygen atoms in total. The number of hydrogen-bond donors (Lipinski definition) is 1. The SMILES string of the molecule is C=CCNC(=O)N1CCC(c2nc(-c3ccccc3)no2)CC1. The Bertz CT molecular complexity index is 660. The molecule has 1 saturated heterocycles. The zero-order chi connectivity index (χ0) is 16.1. The van der Waals surface area contributed by atoms with Gasteiger partial charge < -0.3 is 14.7 Å². The molecule has 1 aliphatic heterocycles. The van der Waals surface area contributed by atoms with Crippen LogP contribution in [0.25, 0.3) is 11.4 Å². The molecule has 2 amide bonds. The first kappa shape index (κ1) is 15.3. The number of likely N-dealkylation sites (tertiary alicyclic amines) is 1. The number of urea groups is 1. The van der Waals surface area contributed by atoms with Gasteiger partial charge >= 0.3 is 6.03 Å². The van der Waals surface area contributed by atoms with Crippen LogP contribution in [0.4, 0.5) is 4.79 Å². The Kier molecular flexibility index (Phi) is 4.71. The second-order valence-electron chi connectivity index (χ2n) is 5.56. The first-order chi connectivity index (χ1) is 11.3. The zero-order valence-electron chi connectivity index (χ0n) is 12.9. The highest BCUT2D eigenvalue weighted by atomic mass is 16.5. The molecule has 120 valence electrons. The van der Waals surface area contributed by atoms with Gasteiger partial charge in [0.15, 0.2) is 0 Å². The van der Waals surface area contributed by atoms with E-state index in [2.05, 4.69) is 22.0 Å². The average molecular weight is 312 g/mol. The van der Waals surface area contributed by atoms with Gasteiger partial charge in [-0.05, 0) is 12.8 Å². The van der Waals surface area contributed by atoms with Crippen molar-refractivity contribution in [3.05, 3.63) is 48.9 Å². The van der Waals surface area contributed by atoms with Gasteiger partial charge in [-0.1, -0.05) is 41.6 Å². The van der Waals surface area contributed by atoms with Crippen molar-refractivity contribution in [2.75, 3.05) is 19.6 Å². The van der Waals surface area contributed by atoms with Gasteiger partial charge in [-0.15, -0.1) is 6.58 Å². The molecular formula is C17H20N4O2. The molecule has 0 spiro atoms. The Hall–Kier alpha value is -2.63. The first-order valence-corrected chi connectivity index (χ1v) is 7.80. The predicted molar refractivity (Wildman–Crippen MR) is 86.9 cm³/mol. The molecule has 23 heavy (non-hydrogen) atoms. The van der Waals surface area contributed by atoms with E-state index >= 15 is 0 Å². The van der Waals surface area contributed by atoms with E-state index in [1.54, 1.807) is 6.08 Å². The molecule has 6 heteroatoms. The quantitative estimate of drug-likeness (QED) is 0.881. The van der Waals surface area contributed by atoms with Crippen LogP contribution < -0.4 is 5.32 Å². The van der Waals surface area contributed by atoms with E-state index in [-0.39, 0.29) is 11.9 Å². The van der Waals surface area contributed by atoms with Crippen LogP contribution >= 0.6 is 0 Å². The van der Waals surface area contributed by atoms with E-state index in [0.717, 1.165) is 18.4 Å². The Morgan fingerprint density at radius 1 is 1.35 bits per heavy atom. The van der Waals surface area contributed by atoms with Gasteiger partial charge in [-0.3, -0.25) is 0 Å². The topological polar surface area (TPSA) is 71.3 Å². The highest BCUT2D eigenvalue weighted by molar-refractivity contribution is 5.74. The minimum Gasteiger partial charge on any atom is -0.339 e. The molecule has 2 aromatic rings. The molecule has 1 aliphatic rings. The van der Waals surface area contributed by atoms with Crippen molar-refractivity contribution >= 4 is 6.03 Å². The normalized spacial score (nSPS) is 15.4. The van der Waals surface area contributed by atoms with Crippen molar-refractivity contribution in [3.8, 4) is 11.4 Å². The predicted octanol–water partition coefficient (Wildman–Crippen LogP) is 2.81. The number of carbonyl (C=O) groups is 1. The average Bonchev–Trinajstić information content (AvgIpc) is 3.11. The summed E-state index contributed by atoms with van der Waals surface area (Å²) >= 11 is 0. The van der Waals surface area contributed by atoms with Crippen LogP contribution in [0.1, 0.15) is 24.7 Å². The Balaban J connectivity index is 1.59. The largest absolute Gasteiger partial charge is 0.339 e. The third kappa shape index (κ3) is 3.59. The number of nitrogens with one attached hydrogen (secondary N) is 1. The fraction of sp³-hybridized carbons (Fsp3) is 0.353.